The van der Waals surface area contributed by atoms with Gasteiger partial charge in [0.2, 0.25) is 5.91 Å². The van der Waals surface area contributed by atoms with Gasteiger partial charge in [-0.25, -0.2) is 9.59 Å². The lowest BCUT2D eigenvalue weighted by Crippen LogP contribution is -2.59. The molecule has 2 saturated heterocycles. The predicted molar refractivity (Wildman–Crippen MR) is 80.2 cm³/mol. The molecule has 0 aliphatic carbocycles. The van der Waals surface area contributed by atoms with E-state index in [1.54, 1.807) is 19.0 Å². The van der Waals surface area contributed by atoms with E-state index in [1.807, 2.05) is 20.8 Å². The number of carbonyl (C=O) groups is 3. The predicted octanol–water partition coefficient (Wildman–Crippen LogP) is 1.38. The Kier molecular flexibility index (Phi) is 4.35. The van der Waals surface area contributed by atoms with Gasteiger partial charge in [0.25, 0.3) is 0 Å². The van der Waals surface area contributed by atoms with Crippen molar-refractivity contribution in [3.63, 3.8) is 0 Å². The number of nitrogens with zero attached hydrogens (tertiary/aromatic N) is 3. The maximum absolute atomic E-state index is 12.4. The normalized spacial score (nSPS) is 25.0. The van der Waals surface area contributed by atoms with Crippen LogP contribution in [0.4, 0.5) is 9.59 Å². The second-order valence-corrected chi connectivity index (χ2v) is 7.31. The Morgan fingerprint density at radius 1 is 1.18 bits per heavy atom. The molecule has 2 bridgehead atoms. The molecule has 2 rings (SSSR count). The summed E-state index contributed by atoms with van der Waals surface area (Å²) < 4.78 is 5.38. The molecule has 0 radical (unpaired) electrons. The summed E-state index contributed by atoms with van der Waals surface area (Å²) in [6.07, 6.45) is 0.345. The van der Waals surface area contributed by atoms with Gasteiger partial charge in [0, 0.05) is 33.7 Å². The topological polar surface area (TPSA) is 70.2 Å². The number of imide groups is 1. The van der Waals surface area contributed by atoms with Crippen molar-refractivity contribution in [1.82, 2.24) is 14.7 Å². The zero-order valence-electron chi connectivity index (χ0n) is 14.0. The van der Waals surface area contributed by atoms with Gasteiger partial charge in [0.15, 0.2) is 0 Å². The van der Waals surface area contributed by atoms with Gasteiger partial charge >= 0.3 is 12.1 Å². The quantitative estimate of drug-likeness (QED) is 0.678. The van der Waals surface area contributed by atoms with E-state index in [4.69, 9.17) is 4.74 Å². The summed E-state index contributed by atoms with van der Waals surface area (Å²) >= 11 is 0. The van der Waals surface area contributed by atoms with Crippen LogP contribution in [0.2, 0.25) is 0 Å². The van der Waals surface area contributed by atoms with Crippen molar-refractivity contribution >= 4 is 18.0 Å². The third-order valence-corrected chi connectivity index (χ3v) is 3.86. The van der Waals surface area contributed by atoms with E-state index in [9.17, 15) is 14.4 Å². The molecule has 4 amide bonds. The first-order valence-electron chi connectivity index (χ1n) is 7.59. The minimum atomic E-state index is -0.555. The van der Waals surface area contributed by atoms with Gasteiger partial charge in [-0.1, -0.05) is 0 Å². The molecule has 0 saturated carbocycles. The lowest BCUT2D eigenvalue weighted by molar-refractivity contribution is -0.140. The molecule has 0 N–H and O–H groups in total. The zero-order valence-corrected chi connectivity index (χ0v) is 14.0. The summed E-state index contributed by atoms with van der Waals surface area (Å²) in [5.41, 5.74) is -0.555. The Hall–Kier alpha value is -1.79. The fourth-order valence-corrected chi connectivity index (χ4v) is 2.97. The number of ether oxygens (including phenoxy) is 1. The molecular weight excluding hydrogens is 286 g/mol. The maximum Gasteiger partial charge on any atom is 0.410 e. The van der Waals surface area contributed by atoms with Crippen molar-refractivity contribution in [2.24, 2.45) is 11.8 Å². The van der Waals surface area contributed by atoms with Crippen LogP contribution in [0.1, 0.15) is 27.2 Å². The van der Waals surface area contributed by atoms with Crippen molar-refractivity contribution in [1.29, 1.82) is 0 Å². The molecule has 0 aromatic heterocycles. The molecule has 7 nitrogen and oxygen atoms in total. The molecule has 2 aliphatic heterocycles. The fourth-order valence-electron chi connectivity index (χ4n) is 2.97. The van der Waals surface area contributed by atoms with Crippen LogP contribution in [0.25, 0.3) is 0 Å². The molecule has 7 heteroatoms. The highest BCUT2D eigenvalue weighted by molar-refractivity contribution is 5.96. The van der Waals surface area contributed by atoms with E-state index in [0.29, 0.717) is 19.6 Å². The van der Waals surface area contributed by atoms with Crippen LogP contribution in [-0.2, 0) is 9.53 Å². The lowest BCUT2D eigenvalue weighted by Gasteiger charge is -2.44. The maximum atomic E-state index is 12.4. The standard InChI is InChI=1S/C15H25N3O4/c1-15(2,3)22-14(21)17-7-10-6-11(9-17)12(19)18(8-10)13(20)16(4)5/h10-11H,6-9H2,1-5H3. The average molecular weight is 311 g/mol. The van der Waals surface area contributed by atoms with E-state index < -0.39 is 5.60 Å². The molecule has 0 aromatic carbocycles. The smallest absolute Gasteiger partial charge is 0.410 e. The lowest BCUT2D eigenvalue weighted by atomic mass is 9.84. The van der Waals surface area contributed by atoms with Crippen LogP contribution in [0, 0.1) is 11.8 Å². The van der Waals surface area contributed by atoms with Crippen LogP contribution in [-0.4, -0.2) is 72.1 Å². The van der Waals surface area contributed by atoms with Gasteiger partial charge in [-0.2, -0.15) is 0 Å². The first-order chi connectivity index (χ1) is 10.1. The van der Waals surface area contributed by atoms with Crippen molar-refractivity contribution in [2.45, 2.75) is 32.8 Å². The molecule has 0 spiro atoms. The van der Waals surface area contributed by atoms with Gasteiger partial charge < -0.3 is 14.5 Å². The number of rotatable bonds is 0. The highest BCUT2D eigenvalue weighted by atomic mass is 16.6. The Labute approximate surface area is 131 Å². The molecule has 2 fully saturated rings. The van der Waals surface area contributed by atoms with Crippen LogP contribution in [0.5, 0.6) is 0 Å². The Morgan fingerprint density at radius 2 is 1.82 bits per heavy atom. The van der Waals surface area contributed by atoms with E-state index >= 15 is 0 Å². The Bertz CT molecular complexity index is 484. The van der Waals surface area contributed by atoms with Gasteiger partial charge in [-0.15, -0.1) is 0 Å². The summed E-state index contributed by atoms with van der Waals surface area (Å²) in [6.45, 7) is 6.66. The molecule has 2 atom stereocenters. The van der Waals surface area contributed by atoms with Crippen molar-refractivity contribution in [2.75, 3.05) is 33.7 Å². The van der Waals surface area contributed by atoms with Crippen LogP contribution >= 0.6 is 0 Å². The van der Waals surface area contributed by atoms with Crippen molar-refractivity contribution in [3.05, 3.63) is 0 Å². The number of urea groups is 1. The third kappa shape index (κ3) is 3.51. The van der Waals surface area contributed by atoms with Gasteiger partial charge in [0.1, 0.15) is 5.60 Å². The largest absolute Gasteiger partial charge is 0.444 e. The van der Waals surface area contributed by atoms with Crippen LogP contribution < -0.4 is 0 Å². The third-order valence-electron chi connectivity index (χ3n) is 3.86. The Balaban J connectivity index is 2.06. The number of likely N-dealkylation sites (tertiary alicyclic amines) is 2. The van der Waals surface area contributed by atoms with Gasteiger partial charge in [-0.05, 0) is 33.1 Å². The van der Waals surface area contributed by atoms with Gasteiger partial charge in [-0.3, -0.25) is 9.69 Å². The molecule has 2 aliphatic rings. The molecule has 2 heterocycles. The molecule has 124 valence electrons. The summed E-state index contributed by atoms with van der Waals surface area (Å²) in [7, 11) is 3.26. The summed E-state index contributed by atoms with van der Waals surface area (Å²) in [5, 5.41) is 0. The van der Waals surface area contributed by atoms with E-state index in [0.717, 1.165) is 6.42 Å². The highest BCUT2D eigenvalue weighted by Crippen LogP contribution is 2.30. The van der Waals surface area contributed by atoms with E-state index in [-0.39, 0.29) is 29.9 Å². The summed E-state index contributed by atoms with van der Waals surface area (Å²) in [6, 6.07) is -0.287. The van der Waals surface area contributed by atoms with E-state index in [1.165, 1.54) is 9.80 Å². The summed E-state index contributed by atoms with van der Waals surface area (Å²) in [5.74, 6) is -0.389. The minimum Gasteiger partial charge on any atom is -0.444 e. The number of fused-ring (bicyclic) bond motifs is 2. The zero-order chi connectivity index (χ0) is 16.7. The minimum absolute atomic E-state index is 0.118. The summed E-state index contributed by atoms with van der Waals surface area (Å²) in [4.78, 5) is 41.0. The number of carbonyl (C=O) groups excluding carboxylic acids is 3. The Morgan fingerprint density at radius 3 is 2.36 bits per heavy atom. The first kappa shape index (κ1) is 16.6. The van der Waals surface area contributed by atoms with Gasteiger partial charge in [0.05, 0.1) is 5.92 Å². The number of piperidine rings is 2. The number of amides is 4. The monoisotopic (exact) mass is 311 g/mol. The van der Waals surface area contributed by atoms with Crippen LogP contribution in [0.3, 0.4) is 0 Å². The average Bonchev–Trinajstić information content (AvgIpc) is 2.39. The fraction of sp³-hybridized carbons (Fsp3) is 0.800. The van der Waals surface area contributed by atoms with Crippen molar-refractivity contribution in [3.8, 4) is 0 Å². The molecule has 2 unspecified atom stereocenters. The second-order valence-electron chi connectivity index (χ2n) is 7.31. The molecular formula is C15H25N3O4. The molecule has 0 aromatic rings. The van der Waals surface area contributed by atoms with Crippen LogP contribution in [0.15, 0.2) is 0 Å². The van der Waals surface area contributed by atoms with Crippen molar-refractivity contribution < 1.29 is 19.1 Å². The highest BCUT2D eigenvalue weighted by Gasteiger charge is 2.44. The first-order valence-corrected chi connectivity index (χ1v) is 7.59. The number of hydrogen-bond donors (Lipinski definition) is 0. The molecule has 22 heavy (non-hydrogen) atoms. The SMILES string of the molecule is CN(C)C(=O)N1CC2CC(CN(C(=O)OC(C)(C)C)C2)C1=O. The second kappa shape index (κ2) is 5.78. The number of hydrogen-bond acceptors (Lipinski definition) is 4. The van der Waals surface area contributed by atoms with E-state index in [2.05, 4.69) is 0 Å².